The highest BCUT2D eigenvalue weighted by molar-refractivity contribution is 7.93. The van der Waals surface area contributed by atoms with Crippen LogP contribution >= 0.6 is 23.2 Å². The van der Waals surface area contributed by atoms with E-state index in [0.29, 0.717) is 16.1 Å². The molecule has 0 saturated heterocycles. The van der Waals surface area contributed by atoms with Crippen LogP contribution in [0, 0.1) is 0 Å². The molecule has 0 aliphatic rings. The highest BCUT2D eigenvalue weighted by atomic mass is 35.5. The first-order valence-corrected chi connectivity index (χ1v) is 11.2. The summed E-state index contributed by atoms with van der Waals surface area (Å²) >= 11 is 12.0. The highest BCUT2D eigenvalue weighted by Crippen LogP contribution is 2.30. The van der Waals surface area contributed by atoms with Crippen LogP contribution in [0.25, 0.3) is 0 Å². The Hall–Kier alpha value is -2.75. The first-order chi connectivity index (χ1) is 15.1. The number of alkyl halides is 3. The van der Waals surface area contributed by atoms with Crippen LogP contribution in [-0.2, 0) is 21.5 Å². The van der Waals surface area contributed by atoms with Gasteiger partial charge in [-0.2, -0.15) is 21.6 Å². The van der Waals surface area contributed by atoms with Crippen molar-refractivity contribution in [2.75, 3.05) is 4.72 Å². The highest BCUT2D eigenvalue weighted by Gasteiger charge is 2.46. The molecule has 0 heterocycles. The van der Waals surface area contributed by atoms with Gasteiger partial charge in [0.1, 0.15) is 12.3 Å². The number of nitrogens with zero attached hydrogens (tertiary/aromatic N) is 1. The van der Waals surface area contributed by atoms with E-state index in [4.69, 9.17) is 28.0 Å². The number of anilines is 1. The minimum absolute atomic E-state index is 0.00243. The van der Waals surface area contributed by atoms with E-state index < -0.39 is 15.5 Å². The van der Waals surface area contributed by atoms with Crippen molar-refractivity contribution in [3.05, 3.63) is 99.5 Å². The average Bonchev–Trinajstić information content (AvgIpc) is 2.72. The Morgan fingerprint density at radius 1 is 0.938 bits per heavy atom. The molecule has 0 amide bonds. The van der Waals surface area contributed by atoms with Crippen LogP contribution in [0.5, 0.6) is 0 Å². The van der Waals surface area contributed by atoms with Gasteiger partial charge in [0.05, 0.1) is 5.69 Å². The molecule has 168 valence electrons. The Bertz CT molecular complexity index is 1230. The molecule has 0 atom stereocenters. The molecular weight excluding hydrogens is 488 g/mol. The molecule has 3 aromatic rings. The summed E-state index contributed by atoms with van der Waals surface area (Å²) in [6.45, 7) is 0.0150. The molecule has 3 rings (SSSR count). The maximum atomic E-state index is 12.9. The maximum Gasteiger partial charge on any atom is 0.516 e. The van der Waals surface area contributed by atoms with Gasteiger partial charge in [0, 0.05) is 21.2 Å². The van der Waals surface area contributed by atoms with E-state index in [1.54, 1.807) is 59.3 Å². The fourth-order valence-corrected chi connectivity index (χ4v) is 3.62. The summed E-state index contributed by atoms with van der Waals surface area (Å²) in [5, 5.41) is 4.74. The van der Waals surface area contributed by atoms with E-state index in [1.807, 2.05) is 0 Å². The second-order valence-electron chi connectivity index (χ2n) is 6.45. The first-order valence-electron chi connectivity index (χ1n) is 8.95. The molecule has 0 fully saturated rings. The number of sulfonamides is 1. The zero-order chi connectivity index (χ0) is 23.4. The Morgan fingerprint density at radius 3 is 2.28 bits per heavy atom. The predicted molar refractivity (Wildman–Crippen MR) is 118 cm³/mol. The van der Waals surface area contributed by atoms with Gasteiger partial charge in [0.15, 0.2) is 0 Å². The topological polar surface area (TPSA) is 67.8 Å². The minimum Gasteiger partial charge on any atom is -0.390 e. The lowest BCUT2D eigenvalue weighted by molar-refractivity contribution is -0.0429. The number of halogens is 5. The summed E-state index contributed by atoms with van der Waals surface area (Å²) in [6, 6.07) is 18.9. The predicted octanol–water partition coefficient (Wildman–Crippen LogP) is 6.22. The van der Waals surface area contributed by atoms with E-state index in [1.165, 1.54) is 12.1 Å². The van der Waals surface area contributed by atoms with Crippen molar-refractivity contribution < 1.29 is 26.4 Å². The molecule has 0 radical (unpaired) electrons. The Balaban J connectivity index is 2.04. The van der Waals surface area contributed by atoms with Crippen LogP contribution in [0.2, 0.25) is 10.0 Å². The van der Waals surface area contributed by atoms with Crippen molar-refractivity contribution in [1.29, 1.82) is 0 Å². The second kappa shape index (κ2) is 9.81. The number of hydrogen-bond acceptors (Lipinski definition) is 4. The molecule has 5 nitrogen and oxygen atoms in total. The quantitative estimate of drug-likeness (QED) is 0.307. The Morgan fingerprint density at radius 2 is 1.62 bits per heavy atom. The molecule has 1 N–H and O–H groups in total. The van der Waals surface area contributed by atoms with Crippen molar-refractivity contribution in [2.24, 2.45) is 5.16 Å². The summed E-state index contributed by atoms with van der Waals surface area (Å²) in [4.78, 5) is 5.42. The van der Waals surface area contributed by atoms with Gasteiger partial charge < -0.3 is 4.84 Å². The third kappa shape index (κ3) is 5.93. The van der Waals surface area contributed by atoms with Gasteiger partial charge in [-0.25, -0.2) is 0 Å². The summed E-state index contributed by atoms with van der Waals surface area (Å²) in [6.07, 6.45) is 0. The monoisotopic (exact) mass is 502 g/mol. The molecule has 0 aliphatic carbocycles. The van der Waals surface area contributed by atoms with Gasteiger partial charge in [0.2, 0.25) is 0 Å². The minimum atomic E-state index is -5.67. The summed E-state index contributed by atoms with van der Waals surface area (Å²) in [7, 11) is -5.67. The zero-order valence-corrected chi connectivity index (χ0v) is 18.4. The number of rotatable bonds is 7. The fraction of sp³-hybridized carbons (Fsp3) is 0.0952. The van der Waals surface area contributed by atoms with Gasteiger partial charge in [-0.05, 0) is 35.9 Å². The molecule has 0 unspecified atom stereocenters. The zero-order valence-electron chi connectivity index (χ0n) is 16.1. The van der Waals surface area contributed by atoms with Gasteiger partial charge in [-0.15, -0.1) is 0 Å². The summed E-state index contributed by atoms with van der Waals surface area (Å²) in [5.74, 6) is 0. The second-order valence-corrected chi connectivity index (χ2v) is 9.00. The molecule has 0 aliphatic heterocycles. The number of nitrogens with one attached hydrogen (secondary N) is 1. The maximum absolute atomic E-state index is 12.9. The SMILES string of the molecule is O=S(=O)(Nc1ccc(Cl)cc1C(=NOCc1cccc(Cl)c1)c1ccccc1)C(F)(F)F. The largest absolute Gasteiger partial charge is 0.516 e. The number of oxime groups is 1. The van der Waals surface area contributed by atoms with Crippen LogP contribution in [-0.4, -0.2) is 19.6 Å². The molecule has 0 aromatic heterocycles. The normalized spacial score (nSPS) is 12.5. The molecule has 3 aromatic carbocycles. The van der Waals surface area contributed by atoms with Gasteiger partial charge >= 0.3 is 15.5 Å². The van der Waals surface area contributed by atoms with Crippen LogP contribution < -0.4 is 4.72 Å². The average molecular weight is 503 g/mol. The molecule has 0 spiro atoms. The lowest BCUT2D eigenvalue weighted by Crippen LogP contribution is -2.30. The van der Waals surface area contributed by atoms with Gasteiger partial charge in [-0.3, -0.25) is 4.72 Å². The van der Waals surface area contributed by atoms with Crippen LogP contribution in [0.3, 0.4) is 0 Å². The smallest absolute Gasteiger partial charge is 0.390 e. The third-order valence-electron chi connectivity index (χ3n) is 4.11. The summed E-state index contributed by atoms with van der Waals surface area (Å²) in [5.41, 5.74) is -4.61. The molecule has 0 saturated carbocycles. The van der Waals surface area contributed by atoms with Crippen LogP contribution in [0.1, 0.15) is 16.7 Å². The lowest BCUT2D eigenvalue weighted by atomic mass is 10.0. The van der Waals surface area contributed by atoms with Crippen LogP contribution in [0.15, 0.2) is 78.0 Å². The Kier molecular flexibility index (Phi) is 7.33. The van der Waals surface area contributed by atoms with Crippen molar-refractivity contribution in [1.82, 2.24) is 0 Å². The van der Waals surface area contributed by atoms with E-state index in [-0.39, 0.29) is 28.6 Å². The van der Waals surface area contributed by atoms with Crippen molar-refractivity contribution >= 4 is 44.6 Å². The fourth-order valence-electron chi connectivity index (χ4n) is 2.66. The lowest BCUT2D eigenvalue weighted by Gasteiger charge is -2.16. The van der Waals surface area contributed by atoms with Crippen molar-refractivity contribution in [3.63, 3.8) is 0 Å². The molecule has 32 heavy (non-hydrogen) atoms. The standard InChI is InChI=1S/C21H15Cl2F3N2O3S/c22-16-8-4-5-14(11-16)13-31-27-20(15-6-2-1-3-7-15)18-12-17(23)9-10-19(18)28-32(29,30)21(24,25)26/h1-12,28H,13H2. The van der Waals surface area contributed by atoms with Crippen molar-refractivity contribution in [2.45, 2.75) is 12.1 Å². The summed E-state index contributed by atoms with van der Waals surface area (Å²) < 4.78 is 63.8. The molecule has 11 heteroatoms. The van der Waals surface area contributed by atoms with E-state index in [0.717, 1.165) is 6.07 Å². The first kappa shape index (κ1) is 23.9. The van der Waals surface area contributed by atoms with E-state index in [2.05, 4.69) is 5.16 Å². The van der Waals surface area contributed by atoms with Gasteiger partial charge in [0.25, 0.3) is 0 Å². The van der Waals surface area contributed by atoms with Crippen molar-refractivity contribution in [3.8, 4) is 0 Å². The van der Waals surface area contributed by atoms with Gasteiger partial charge in [-0.1, -0.05) is 70.8 Å². The molecular formula is C21H15Cl2F3N2O3S. The van der Waals surface area contributed by atoms with E-state index in [9.17, 15) is 21.6 Å². The number of hydrogen-bond donors (Lipinski definition) is 1. The van der Waals surface area contributed by atoms with Crippen LogP contribution in [0.4, 0.5) is 18.9 Å². The molecule has 0 bridgehead atoms. The third-order valence-corrected chi connectivity index (χ3v) is 5.68. The number of benzene rings is 3. The van der Waals surface area contributed by atoms with E-state index >= 15 is 0 Å². The Labute approximate surface area is 192 Å².